The van der Waals surface area contributed by atoms with Crippen molar-refractivity contribution in [1.82, 2.24) is 5.32 Å². The number of benzene rings is 1. The molecule has 0 bridgehead atoms. The number of nitro groups is 1. The number of carbonyl (C=O) groups excluding carboxylic acids is 1. The first-order chi connectivity index (χ1) is 9.10. The van der Waals surface area contributed by atoms with E-state index in [1.54, 1.807) is 20.8 Å². The number of halogens is 2. The third-order valence-corrected chi connectivity index (χ3v) is 2.16. The molecule has 6 nitrogen and oxygen atoms in total. The van der Waals surface area contributed by atoms with E-state index >= 15 is 0 Å². The Kier molecular flexibility index (Phi) is 4.59. The van der Waals surface area contributed by atoms with Gasteiger partial charge in [0, 0.05) is 17.7 Å². The number of rotatable bonds is 4. The van der Waals surface area contributed by atoms with Crippen LogP contribution in [0.3, 0.4) is 0 Å². The number of hydrogen-bond acceptors (Lipinski definition) is 4. The molecule has 1 rings (SSSR count). The van der Waals surface area contributed by atoms with Crippen LogP contribution in [0.4, 0.5) is 20.2 Å². The molecule has 8 heteroatoms. The summed E-state index contributed by atoms with van der Waals surface area (Å²) in [5.41, 5.74) is -1.75. The van der Waals surface area contributed by atoms with Crippen molar-refractivity contribution >= 4 is 17.3 Å². The van der Waals surface area contributed by atoms with Crippen LogP contribution in [0.15, 0.2) is 12.1 Å². The number of nitro benzene ring substituents is 1. The van der Waals surface area contributed by atoms with E-state index in [1.165, 1.54) is 0 Å². The number of amides is 1. The molecule has 20 heavy (non-hydrogen) atoms. The highest BCUT2D eigenvalue weighted by Crippen LogP contribution is 2.28. The molecule has 0 aliphatic carbocycles. The van der Waals surface area contributed by atoms with E-state index in [0.717, 1.165) is 6.07 Å². The normalized spacial score (nSPS) is 11.1. The van der Waals surface area contributed by atoms with Crippen LogP contribution in [-0.2, 0) is 4.79 Å². The lowest BCUT2D eigenvalue weighted by Crippen LogP contribution is -2.43. The summed E-state index contributed by atoms with van der Waals surface area (Å²) >= 11 is 0. The van der Waals surface area contributed by atoms with Crippen molar-refractivity contribution in [2.24, 2.45) is 0 Å². The third kappa shape index (κ3) is 4.45. The highest BCUT2D eigenvalue weighted by Gasteiger charge is 2.22. The smallest absolute Gasteiger partial charge is 0.327 e. The van der Waals surface area contributed by atoms with E-state index in [2.05, 4.69) is 10.6 Å². The summed E-state index contributed by atoms with van der Waals surface area (Å²) in [4.78, 5) is 21.3. The van der Waals surface area contributed by atoms with Crippen LogP contribution >= 0.6 is 0 Å². The summed E-state index contributed by atoms with van der Waals surface area (Å²) in [5, 5.41) is 15.7. The Morgan fingerprint density at radius 1 is 1.35 bits per heavy atom. The predicted molar refractivity (Wildman–Crippen MR) is 69.4 cm³/mol. The average molecular weight is 287 g/mol. The van der Waals surface area contributed by atoms with Crippen LogP contribution in [0.1, 0.15) is 20.8 Å². The second-order valence-electron chi connectivity index (χ2n) is 5.19. The number of nitrogens with one attached hydrogen (secondary N) is 2. The zero-order valence-corrected chi connectivity index (χ0v) is 11.3. The number of hydrogen-bond donors (Lipinski definition) is 2. The molecule has 1 aromatic carbocycles. The Bertz CT molecular complexity index is 541. The predicted octanol–water partition coefficient (Wildman–Crippen LogP) is 2.20. The van der Waals surface area contributed by atoms with Crippen molar-refractivity contribution in [3.63, 3.8) is 0 Å². The molecule has 1 amide bonds. The fourth-order valence-electron chi connectivity index (χ4n) is 1.52. The first-order valence-corrected chi connectivity index (χ1v) is 5.78. The maximum atomic E-state index is 13.3. The Hall–Kier alpha value is -2.25. The molecule has 0 atom stereocenters. The second-order valence-corrected chi connectivity index (χ2v) is 5.19. The van der Waals surface area contributed by atoms with Crippen LogP contribution < -0.4 is 10.6 Å². The fraction of sp³-hybridized carbons (Fsp3) is 0.417. The minimum absolute atomic E-state index is 0.332. The molecule has 0 aliphatic rings. The zero-order chi connectivity index (χ0) is 15.5. The van der Waals surface area contributed by atoms with Gasteiger partial charge in [0.2, 0.25) is 11.7 Å². The highest BCUT2D eigenvalue weighted by molar-refractivity contribution is 5.82. The molecule has 0 saturated carbocycles. The summed E-state index contributed by atoms with van der Waals surface area (Å²) in [7, 11) is 0. The summed E-state index contributed by atoms with van der Waals surface area (Å²) in [6, 6.07) is 1.18. The number of carbonyl (C=O) groups is 1. The monoisotopic (exact) mass is 287 g/mol. The van der Waals surface area contributed by atoms with E-state index < -0.39 is 33.7 Å². The first-order valence-electron chi connectivity index (χ1n) is 5.78. The first kappa shape index (κ1) is 15.8. The fourth-order valence-corrected chi connectivity index (χ4v) is 1.52. The molecule has 0 unspecified atom stereocenters. The van der Waals surface area contributed by atoms with Gasteiger partial charge in [-0.25, -0.2) is 4.39 Å². The molecule has 0 radical (unpaired) electrons. The minimum atomic E-state index is -1.30. The van der Waals surface area contributed by atoms with E-state index in [1.807, 2.05) is 0 Å². The summed E-state index contributed by atoms with van der Waals surface area (Å²) < 4.78 is 26.4. The molecule has 2 N–H and O–H groups in total. The molecule has 0 spiro atoms. The molecule has 0 aromatic heterocycles. The maximum Gasteiger partial charge on any atom is 0.327 e. The maximum absolute atomic E-state index is 13.3. The van der Waals surface area contributed by atoms with Crippen molar-refractivity contribution in [1.29, 1.82) is 0 Å². The molecule has 110 valence electrons. The van der Waals surface area contributed by atoms with Gasteiger partial charge in [-0.1, -0.05) is 0 Å². The van der Waals surface area contributed by atoms with E-state index in [-0.39, 0.29) is 12.2 Å². The van der Waals surface area contributed by atoms with Crippen LogP contribution in [0.25, 0.3) is 0 Å². The van der Waals surface area contributed by atoms with Crippen molar-refractivity contribution < 1.29 is 18.5 Å². The molecule has 0 saturated heterocycles. The minimum Gasteiger partial charge on any atom is -0.370 e. The van der Waals surface area contributed by atoms with Crippen LogP contribution in [0, 0.1) is 21.7 Å². The Morgan fingerprint density at radius 2 is 1.95 bits per heavy atom. The summed E-state index contributed by atoms with van der Waals surface area (Å²) in [5.74, 6) is -2.71. The molecular formula is C12H15F2N3O3. The number of anilines is 1. The summed E-state index contributed by atoms with van der Waals surface area (Å²) in [6.45, 7) is 4.95. The lowest BCUT2D eigenvalue weighted by atomic mass is 10.1. The van der Waals surface area contributed by atoms with Gasteiger partial charge < -0.3 is 10.6 Å². The van der Waals surface area contributed by atoms with Crippen molar-refractivity contribution in [3.8, 4) is 0 Å². The summed E-state index contributed by atoms with van der Waals surface area (Å²) in [6.07, 6.45) is 0. The van der Waals surface area contributed by atoms with Crippen LogP contribution in [0.5, 0.6) is 0 Å². The van der Waals surface area contributed by atoms with E-state index in [4.69, 9.17) is 0 Å². The topological polar surface area (TPSA) is 84.3 Å². The molecular weight excluding hydrogens is 272 g/mol. The van der Waals surface area contributed by atoms with Gasteiger partial charge in [-0.2, -0.15) is 4.39 Å². The van der Waals surface area contributed by atoms with Gasteiger partial charge >= 0.3 is 5.69 Å². The largest absolute Gasteiger partial charge is 0.370 e. The van der Waals surface area contributed by atoms with Gasteiger partial charge in [0.25, 0.3) is 0 Å². The van der Waals surface area contributed by atoms with Crippen molar-refractivity contribution in [3.05, 3.63) is 33.9 Å². The van der Waals surface area contributed by atoms with Gasteiger partial charge in [-0.3, -0.25) is 14.9 Å². The molecule has 0 fully saturated rings. The highest BCUT2D eigenvalue weighted by atomic mass is 19.1. The van der Waals surface area contributed by atoms with E-state index in [0.29, 0.717) is 6.07 Å². The van der Waals surface area contributed by atoms with Crippen molar-refractivity contribution in [2.45, 2.75) is 26.3 Å². The Morgan fingerprint density at radius 3 is 2.45 bits per heavy atom. The van der Waals surface area contributed by atoms with Gasteiger partial charge in [0.05, 0.1) is 11.5 Å². The third-order valence-electron chi connectivity index (χ3n) is 2.16. The number of nitrogens with zero attached hydrogens (tertiary/aromatic N) is 1. The van der Waals surface area contributed by atoms with E-state index in [9.17, 15) is 23.7 Å². The van der Waals surface area contributed by atoms with Gasteiger partial charge in [-0.05, 0) is 20.8 Å². The Balaban J connectivity index is 2.88. The SMILES string of the molecule is CC(C)(C)NC(=O)CNc1cc(F)cc(F)c1[N+](=O)[O-]. The van der Waals surface area contributed by atoms with Crippen molar-refractivity contribution in [2.75, 3.05) is 11.9 Å². The Labute approximate surface area is 114 Å². The second kappa shape index (κ2) is 5.81. The van der Waals surface area contributed by atoms with Crippen LogP contribution in [0.2, 0.25) is 0 Å². The molecule has 1 aromatic rings. The van der Waals surface area contributed by atoms with Gasteiger partial charge in [-0.15, -0.1) is 0 Å². The van der Waals surface area contributed by atoms with Gasteiger partial charge in [0.1, 0.15) is 11.5 Å². The lowest BCUT2D eigenvalue weighted by Gasteiger charge is -2.20. The lowest BCUT2D eigenvalue weighted by molar-refractivity contribution is -0.386. The van der Waals surface area contributed by atoms with Gasteiger partial charge in [0.15, 0.2) is 0 Å². The van der Waals surface area contributed by atoms with Crippen LogP contribution in [-0.4, -0.2) is 22.9 Å². The standard InChI is InChI=1S/C12H15F2N3O3/c1-12(2,3)16-10(18)6-15-9-5-7(13)4-8(14)11(9)17(19)20/h4-5,15H,6H2,1-3H3,(H,16,18). The molecule has 0 heterocycles. The average Bonchev–Trinajstić information content (AvgIpc) is 2.22. The molecule has 0 aliphatic heterocycles. The zero-order valence-electron chi connectivity index (χ0n) is 11.3. The quantitative estimate of drug-likeness (QED) is 0.656.